The Bertz CT molecular complexity index is 1970. The molecule has 0 fully saturated rings. The molecule has 0 heterocycles. The molecule has 0 aromatic rings. The summed E-state index contributed by atoms with van der Waals surface area (Å²) in [6.07, 6.45) is 62.7. The van der Waals surface area contributed by atoms with Crippen LogP contribution in [0.1, 0.15) is 434 Å². The number of unbranched alkanes of at least 4 members (excludes halogenated alkanes) is 49. The van der Waals surface area contributed by atoms with E-state index in [1.165, 1.54) is 238 Å². The third-order valence-electron chi connectivity index (χ3n) is 19.4. The Morgan fingerprint density at radius 1 is 0.265 bits per heavy atom. The predicted octanol–water partition coefficient (Wildman–Crippen LogP) is 24.9. The number of carbonyl (C=O) groups excluding carboxylic acids is 4. The molecule has 0 aliphatic rings. The van der Waals surface area contributed by atoms with Crippen LogP contribution in [0.4, 0.5) is 0 Å². The maximum Gasteiger partial charge on any atom is 0.472 e. The second-order valence-electron chi connectivity index (χ2n) is 31.3. The second-order valence-corrected chi connectivity index (χ2v) is 34.2. The third-order valence-corrected chi connectivity index (χ3v) is 21.3. The van der Waals surface area contributed by atoms with Crippen LogP contribution in [0, 0.1) is 17.8 Å². The fourth-order valence-corrected chi connectivity index (χ4v) is 14.4. The van der Waals surface area contributed by atoms with E-state index in [0.717, 1.165) is 108 Å². The van der Waals surface area contributed by atoms with Crippen molar-refractivity contribution in [2.75, 3.05) is 39.6 Å². The van der Waals surface area contributed by atoms with Crippen LogP contribution in [0.25, 0.3) is 0 Å². The lowest BCUT2D eigenvalue weighted by molar-refractivity contribution is -0.161. The molecule has 17 nitrogen and oxygen atoms in total. The molecule has 0 aromatic heterocycles. The minimum Gasteiger partial charge on any atom is -0.462 e. The van der Waals surface area contributed by atoms with E-state index in [1.54, 1.807) is 0 Å². The number of hydrogen-bond acceptors (Lipinski definition) is 15. The summed E-state index contributed by atoms with van der Waals surface area (Å²) >= 11 is 0. The van der Waals surface area contributed by atoms with Gasteiger partial charge in [-0.1, -0.05) is 382 Å². The molecule has 0 radical (unpaired) electrons. The fourth-order valence-electron chi connectivity index (χ4n) is 12.8. The minimum absolute atomic E-state index is 0.106. The number of rotatable bonds is 81. The number of hydrogen-bond donors (Lipinski definition) is 3. The van der Waals surface area contributed by atoms with Gasteiger partial charge in [-0.05, 0) is 43.4 Å². The quantitative estimate of drug-likeness (QED) is 0.0222. The van der Waals surface area contributed by atoms with E-state index in [2.05, 4.69) is 48.5 Å². The number of phosphoric acid groups is 2. The highest BCUT2D eigenvalue weighted by Gasteiger charge is 2.30. The van der Waals surface area contributed by atoms with E-state index in [0.29, 0.717) is 31.6 Å². The van der Waals surface area contributed by atoms with Crippen LogP contribution in [-0.4, -0.2) is 96.7 Å². The molecule has 0 aromatic carbocycles. The average Bonchev–Trinajstić information content (AvgIpc) is 0.925. The van der Waals surface area contributed by atoms with Gasteiger partial charge in [-0.25, -0.2) is 9.13 Å². The Morgan fingerprint density at radius 2 is 0.451 bits per heavy atom. The molecule has 102 heavy (non-hydrogen) atoms. The zero-order chi connectivity index (χ0) is 75.1. The fraction of sp³-hybridized carbons (Fsp3) is 0.952. The molecule has 0 amide bonds. The molecule has 0 aliphatic carbocycles. The zero-order valence-electron chi connectivity index (χ0n) is 67.1. The summed E-state index contributed by atoms with van der Waals surface area (Å²) in [5.41, 5.74) is 0. The van der Waals surface area contributed by atoms with Crippen LogP contribution in [0.5, 0.6) is 0 Å². The van der Waals surface area contributed by atoms with Gasteiger partial charge >= 0.3 is 39.5 Å². The molecular formula is C83H162O17P2. The standard InChI is InChI=1S/C83H162O17P2/c1-8-9-10-11-12-13-14-15-16-17-18-19-20-23-27-33-38-43-52-59-66-82(87)99-78(70-93-80(85)64-57-50-42-37-32-26-24-21-22-25-30-35-40-47-54-61-74(2)3)72-97-101(89,90)95-68-77(84)69-96-102(91,92)98-73-79(71-94-81(86)65-58-51-46-45-49-56-63-76(6)7)100-83(88)67-60-53-44-39-34-29-28-31-36-41-48-55-62-75(4)5/h74-79,84H,8-73H2,1-7H3,(H,89,90)(H,91,92)/t77-,78-,79-/m1/s1. The SMILES string of the molecule is CCCCCCCCCCCCCCCCCCCCCCC(=O)O[C@H](COC(=O)CCCCCCCCCCCCCCCCCC(C)C)COP(=O)(O)OC[C@@H](O)COP(=O)(O)OC[C@@H](COC(=O)CCCCCCCCC(C)C)OC(=O)CCCCCCCCCCCCCCC(C)C. The topological polar surface area (TPSA) is 237 Å². The van der Waals surface area contributed by atoms with E-state index in [4.69, 9.17) is 37.0 Å². The molecule has 0 rings (SSSR count). The Hall–Kier alpha value is -1.94. The van der Waals surface area contributed by atoms with E-state index < -0.39 is 97.5 Å². The monoisotopic (exact) mass is 1490 g/mol. The van der Waals surface area contributed by atoms with Crippen LogP contribution in [-0.2, 0) is 65.4 Å². The summed E-state index contributed by atoms with van der Waals surface area (Å²) in [7, 11) is -9.92. The lowest BCUT2D eigenvalue weighted by atomic mass is 10.0. The van der Waals surface area contributed by atoms with Crippen LogP contribution in [0.2, 0.25) is 0 Å². The summed E-state index contributed by atoms with van der Waals surface area (Å²) in [5, 5.41) is 10.6. The first-order valence-corrected chi connectivity index (χ1v) is 45.8. The van der Waals surface area contributed by atoms with Crippen LogP contribution < -0.4 is 0 Å². The van der Waals surface area contributed by atoms with Crippen molar-refractivity contribution in [3.8, 4) is 0 Å². The van der Waals surface area contributed by atoms with Gasteiger partial charge in [-0.3, -0.25) is 37.3 Å². The summed E-state index contributed by atoms with van der Waals surface area (Å²) in [4.78, 5) is 73.1. The van der Waals surface area contributed by atoms with Crippen molar-refractivity contribution < 1.29 is 80.2 Å². The van der Waals surface area contributed by atoms with E-state index in [9.17, 15) is 43.2 Å². The maximum atomic E-state index is 13.1. The molecule has 0 saturated carbocycles. The van der Waals surface area contributed by atoms with Crippen molar-refractivity contribution >= 4 is 39.5 Å². The van der Waals surface area contributed by atoms with Crippen molar-refractivity contribution in [1.29, 1.82) is 0 Å². The zero-order valence-corrected chi connectivity index (χ0v) is 68.9. The molecule has 0 bridgehead atoms. The van der Waals surface area contributed by atoms with Crippen LogP contribution in [0.3, 0.4) is 0 Å². The van der Waals surface area contributed by atoms with Crippen molar-refractivity contribution in [1.82, 2.24) is 0 Å². The number of aliphatic hydroxyl groups is 1. The summed E-state index contributed by atoms with van der Waals surface area (Å²) < 4.78 is 68.7. The van der Waals surface area contributed by atoms with Gasteiger partial charge in [0.1, 0.15) is 19.3 Å². The Labute approximate surface area is 626 Å². The van der Waals surface area contributed by atoms with Gasteiger partial charge in [0.2, 0.25) is 0 Å². The van der Waals surface area contributed by atoms with E-state index in [-0.39, 0.29) is 25.7 Å². The number of phosphoric ester groups is 2. The Balaban J connectivity index is 5.22. The summed E-state index contributed by atoms with van der Waals surface area (Å²) in [5.74, 6) is 0.151. The van der Waals surface area contributed by atoms with Crippen LogP contribution in [0.15, 0.2) is 0 Å². The van der Waals surface area contributed by atoms with Gasteiger partial charge in [0.15, 0.2) is 12.2 Å². The molecule has 5 atom stereocenters. The summed E-state index contributed by atoms with van der Waals surface area (Å²) in [6.45, 7) is 11.9. The Kier molecular flexibility index (Phi) is 71.8. The van der Waals surface area contributed by atoms with Crippen LogP contribution >= 0.6 is 15.6 Å². The number of esters is 4. The normalized spacial score (nSPS) is 13.9. The van der Waals surface area contributed by atoms with Crippen molar-refractivity contribution in [2.45, 2.75) is 452 Å². The van der Waals surface area contributed by atoms with Crippen molar-refractivity contribution in [3.05, 3.63) is 0 Å². The first-order chi connectivity index (χ1) is 49.2. The number of aliphatic hydroxyl groups excluding tert-OH is 1. The lowest BCUT2D eigenvalue weighted by Gasteiger charge is -2.21. The largest absolute Gasteiger partial charge is 0.472 e. The van der Waals surface area contributed by atoms with Gasteiger partial charge in [-0.2, -0.15) is 0 Å². The number of carbonyl (C=O) groups is 4. The maximum absolute atomic E-state index is 13.1. The predicted molar refractivity (Wildman–Crippen MR) is 418 cm³/mol. The molecule has 606 valence electrons. The molecular weight excluding hydrogens is 1330 g/mol. The molecule has 2 unspecified atom stereocenters. The second kappa shape index (κ2) is 73.2. The van der Waals surface area contributed by atoms with Crippen molar-refractivity contribution in [3.63, 3.8) is 0 Å². The first-order valence-electron chi connectivity index (χ1n) is 42.8. The molecule has 0 aliphatic heterocycles. The van der Waals surface area contributed by atoms with E-state index in [1.807, 2.05) is 0 Å². The van der Waals surface area contributed by atoms with E-state index >= 15 is 0 Å². The Morgan fingerprint density at radius 3 is 0.667 bits per heavy atom. The molecule has 3 N–H and O–H groups in total. The minimum atomic E-state index is -4.96. The van der Waals surface area contributed by atoms with Gasteiger partial charge in [-0.15, -0.1) is 0 Å². The highest BCUT2D eigenvalue weighted by atomic mass is 31.2. The van der Waals surface area contributed by atoms with Gasteiger partial charge < -0.3 is 33.8 Å². The lowest BCUT2D eigenvalue weighted by Crippen LogP contribution is -2.30. The third kappa shape index (κ3) is 76.3. The smallest absolute Gasteiger partial charge is 0.462 e. The van der Waals surface area contributed by atoms with Crippen molar-refractivity contribution in [2.24, 2.45) is 17.8 Å². The highest BCUT2D eigenvalue weighted by molar-refractivity contribution is 7.47. The molecule has 19 heteroatoms. The van der Waals surface area contributed by atoms with Gasteiger partial charge in [0.05, 0.1) is 26.4 Å². The summed E-state index contributed by atoms with van der Waals surface area (Å²) in [6, 6.07) is 0. The first kappa shape index (κ1) is 100. The number of ether oxygens (including phenoxy) is 4. The molecule has 0 spiro atoms. The van der Waals surface area contributed by atoms with Gasteiger partial charge in [0.25, 0.3) is 0 Å². The van der Waals surface area contributed by atoms with Gasteiger partial charge in [0, 0.05) is 25.7 Å². The average molecular weight is 1490 g/mol. The highest BCUT2D eigenvalue weighted by Crippen LogP contribution is 2.45. The molecule has 0 saturated heterocycles.